The Kier molecular flexibility index (Phi) is 4.34. The Labute approximate surface area is 118 Å². The highest BCUT2D eigenvalue weighted by molar-refractivity contribution is 9.10. The molecule has 100 valence electrons. The number of furan rings is 1. The third-order valence-electron chi connectivity index (χ3n) is 2.90. The Balaban J connectivity index is 2.26. The van der Waals surface area contributed by atoms with Crippen molar-refractivity contribution in [2.75, 3.05) is 7.05 Å². The molecule has 0 fully saturated rings. The highest BCUT2D eigenvalue weighted by atomic mass is 79.9. The third-order valence-corrected chi connectivity index (χ3v) is 3.32. The molecule has 0 aliphatic carbocycles. The number of hydrogen-bond acceptors (Lipinski definition) is 4. The van der Waals surface area contributed by atoms with E-state index in [-0.39, 0.29) is 16.7 Å². The van der Waals surface area contributed by atoms with Crippen LogP contribution in [-0.2, 0) is 6.42 Å². The standard InChI is InChI=1S/C13H13BrN2O3/c1-15-10(12-6-7-13(14)19-12)8-9-4-2-3-5-11(9)16(17)18/h2-7,10,15H,8H2,1H3. The van der Waals surface area contributed by atoms with Crippen LogP contribution in [0.5, 0.6) is 0 Å². The highest BCUT2D eigenvalue weighted by Crippen LogP contribution is 2.27. The zero-order valence-electron chi connectivity index (χ0n) is 10.3. The molecule has 6 heteroatoms. The van der Waals surface area contributed by atoms with Crippen LogP contribution in [0.2, 0.25) is 0 Å². The summed E-state index contributed by atoms with van der Waals surface area (Å²) in [6.07, 6.45) is 0.494. The van der Waals surface area contributed by atoms with Gasteiger partial charge in [0.25, 0.3) is 5.69 Å². The van der Waals surface area contributed by atoms with Crippen molar-refractivity contribution in [3.05, 3.63) is 62.5 Å². The van der Waals surface area contributed by atoms with Gasteiger partial charge in [-0.15, -0.1) is 0 Å². The van der Waals surface area contributed by atoms with E-state index < -0.39 is 0 Å². The van der Waals surface area contributed by atoms with Crippen molar-refractivity contribution in [3.8, 4) is 0 Å². The Morgan fingerprint density at radius 3 is 2.68 bits per heavy atom. The van der Waals surface area contributed by atoms with E-state index >= 15 is 0 Å². The Morgan fingerprint density at radius 1 is 1.37 bits per heavy atom. The normalized spacial score (nSPS) is 12.3. The largest absolute Gasteiger partial charge is 0.453 e. The second-order valence-corrected chi connectivity index (χ2v) is 4.85. The summed E-state index contributed by atoms with van der Waals surface area (Å²) in [6.45, 7) is 0. The first-order chi connectivity index (χ1) is 9.11. The molecule has 2 rings (SSSR count). The van der Waals surface area contributed by atoms with E-state index in [1.807, 2.05) is 6.07 Å². The molecule has 0 aliphatic rings. The number of halogens is 1. The minimum absolute atomic E-state index is 0.104. The lowest BCUT2D eigenvalue weighted by molar-refractivity contribution is -0.385. The van der Waals surface area contributed by atoms with E-state index in [1.54, 1.807) is 31.3 Å². The van der Waals surface area contributed by atoms with Gasteiger partial charge in [0.1, 0.15) is 5.76 Å². The van der Waals surface area contributed by atoms with Crippen molar-refractivity contribution in [2.45, 2.75) is 12.5 Å². The smallest absolute Gasteiger partial charge is 0.272 e. The lowest BCUT2D eigenvalue weighted by atomic mass is 10.0. The lowest BCUT2D eigenvalue weighted by Crippen LogP contribution is -2.18. The van der Waals surface area contributed by atoms with Gasteiger partial charge in [0.15, 0.2) is 4.67 Å². The maximum absolute atomic E-state index is 11.0. The summed E-state index contributed by atoms with van der Waals surface area (Å²) in [5.41, 5.74) is 0.813. The zero-order valence-corrected chi connectivity index (χ0v) is 11.9. The molecule has 0 spiro atoms. The van der Waals surface area contributed by atoms with Gasteiger partial charge in [-0.2, -0.15) is 0 Å². The lowest BCUT2D eigenvalue weighted by Gasteiger charge is -2.13. The summed E-state index contributed by atoms with van der Waals surface area (Å²) in [7, 11) is 1.80. The van der Waals surface area contributed by atoms with Crippen LogP contribution in [0, 0.1) is 10.1 Å². The number of para-hydroxylation sites is 1. The Hall–Kier alpha value is -1.66. The van der Waals surface area contributed by atoms with Crippen LogP contribution in [0.3, 0.4) is 0 Å². The highest BCUT2D eigenvalue weighted by Gasteiger charge is 2.19. The summed E-state index contributed by atoms with van der Waals surface area (Å²) in [5.74, 6) is 0.743. The third kappa shape index (κ3) is 3.21. The summed E-state index contributed by atoms with van der Waals surface area (Å²) in [4.78, 5) is 10.6. The first-order valence-corrected chi connectivity index (χ1v) is 6.56. The maximum atomic E-state index is 11.0. The molecule has 0 radical (unpaired) electrons. The van der Waals surface area contributed by atoms with Gasteiger partial charge in [0, 0.05) is 18.1 Å². The minimum Gasteiger partial charge on any atom is -0.453 e. The summed E-state index contributed by atoms with van der Waals surface area (Å²) >= 11 is 3.25. The zero-order chi connectivity index (χ0) is 13.8. The van der Waals surface area contributed by atoms with E-state index in [0.717, 1.165) is 5.76 Å². The second kappa shape index (κ2) is 5.99. The van der Waals surface area contributed by atoms with Crippen molar-refractivity contribution < 1.29 is 9.34 Å². The molecule has 1 atom stereocenters. The molecule has 19 heavy (non-hydrogen) atoms. The predicted molar refractivity (Wildman–Crippen MR) is 75.0 cm³/mol. The topological polar surface area (TPSA) is 68.3 Å². The molecule has 0 saturated heterocycles. The van der Waals surface area contributed by atoms with E-state index in [1.165, 1.54) is 6.07 Å². The molecule has 1 aromatic carbocycles. The van der Waals surface area contributed by atoms with Gasteiger partial charge in [-0.1, -0.05) is 18.2 Å². The number of benzene rings is 1. The number of nitro groups is 1. The van der Waals surface area contributed by atoms with E-state index in [0.29, 0.717) is 16.7 Å². The van der Waals surface area contributed by atoms with Gasteiger partial charge >= 0.3 is 0 Å². The predicted octanol–water partition coefficient (Wildman–Crippen LogP) is 3.45. The molecular weight excluding hydrogens is 312 g/mol. The van der Waals surface area contributed by atoms with Gasteiger partial charge in [-0.05, 0) is 35.1 Å². The molecule has 5 nitrogen and oxygen atoms in total. The number of nitrogens with one attached hydrogen (secondary N) is 1. The first-order valence-electron chi connectivity index (χ1n) is 5.76. The first kappa shape index (κ1) is 13.8. The summed E-state index contributed by atoms with van der Waals surface area (Å²) in [6, 6.07) is 10.3. The number of rotatable bonds is 5. The Morgan fingerprint density at radius 2 is 2.11 bits per heavy atom. The molecule has 0 aliphatic heterocycles. The van der Waals surface area contributed by atoms with E-state index in [4.69, 9.17) is 4.42 Å². The van der Waals surface area contributed by atoms with Crippen LogP contribution < -0.4 is 5.32 Å². The fourth-order valence-electron chi connectivity index (χ4n) is 1.94. The summed E-state index contributed by atoms with van der Waals surface area (Å²) in [5, 5.41) is 14.1. The molecule has 0 amide bonds. The Bertz CT molecular complexity index is 583. The molecule has 0 saturated carbocycles. The van der Waals surface area contributed by atoms with Gasteiger partial charge in [0.05, 0.1) is 11.0 Å². The van der Waals surface area contributed by atoms with Crippen molar-refractivity contribution in [3.63, 3.8) is 0 Å². The van der Waals surface area contributed by atoms with Crippen LogP contribution in [0.1, 0.15) is 17.4 Å². The average molecular weight is 325 g/mol. The molecule has 1 aromatic heterocycles. The monoisotopic (exact) mass is 324 g/mol. The number of hydrogen-bond donors (Lipinski definition) is 1. The van der Waals surface area contributed by atoms with Crippen LogP contribution >= 0.6 is 15.9 Å². The van der Waals surface area contributed by atoms with Crippen LogP contribution in [0.15, 0.2) is 45.5 Å². The van der Waals surface area contributed by atoms with Crippen molar-refractivity contribution in [1.29, 1.82) is 0 Å². The fraction of sp³-hybridized carbons (Fsp3) is 0.231. The van der Waals surface area contributed by atoms with Crippen molar-refractivity contribution in [1.82, 2.24) is 5.32 Å². The molecule has 1 unspecified atom stereocenters. The molecule has 0 bridgehead atoms. The van der Waals surface area contributed by atoms with Gasteiger partial charge in [-0.3, -0.25) is 10.1 Å². The number of nitro benzene ring substituents is 1. The number of likely N-dealkylation sites (N-methyl/N-ethyl adjacent to an activating group) is 1. The second-order valence-electron chi connectivity index (χ2n) is 4.07. The van der Waals surface area contributed by atoms with Gasteiger partial charge in [0.2, 0.25) is 0 Å². The van der Waals surface area contributed by atoms with Crippen molar-refractivity contribution in [2.24, 2.45) is 0 Å². The quantitative estimate of drug-likeness (QED) is 0.675. The molecular formula is C13H13BrN2O3. The van der Waals surface area contributed by atoms with Gasteiger partial charge < -0.3 is 9.73 Å². The van der Waals surface area contributed by atoms with Crippen LogP contribution in [0.25, 0.3) is 0 Å². The summed E-state index contributed by atoms with van der Waals surface area (Å²) < 4.78 is 6.14. The molecule has 1 N–H and O–H groups in total. The van der Waals surface area contributed by atoms with Crippen LogP contribution in [-0.4, -0.2) is 12.0 Å². The number of nitrogens with zero attached hydrogens (tertiary/aromatic N) is 1. The van der Waals surface area contributed by atoms with Crippen molar-refractivity contribution >= 4 is 21.6 Å². The average Bonchev–Trinajstić information content (AvgIpc) is 2.82. The van der Waals surface area contributed by atoms with Gasteiger partial charge in [-0.25, -0.2) is 0 Å². The van der Waals surface area contributed by atoms with E-state index in [9.17, 15) is 10.1 Å². The van der Waals surface area contributed by atoms with E-state index in [2.05, 4.69) is 21.2 Å². The molecule has 1 heterocycles. The fourth-order valence-corrected chi connectivity index (χ4v) is 2.26. The maximum Gasteiger partial charge on any atom is 0.272 e. The SMILES string of the molecule is CNC(Cc1ccccc1[N+](=O)[O-])c1ccc(Br)o1. The minimum atomic E-state index is -0.361. The van der Waals surface area contributed by atoms with Crippen LogP contribution in [0.4, 0.5) is 5.69 Å². The molecule has 2 aromatic rings.